The van der Waals surface area contributed by atoms with Crippen molar-refractivity contribution in [1.29, 1.82) is 0 Å². The molecule has 110 valence electrons. The SMILES string of the molecule is N[C@@H](Cc1ccccc1)C(=O)NC1c2ccsc2CC1O. The Labute approximate surface area is 127 Å². The number of fused-ring (bicyclic) bond motifs is 1. The van der Waals surface area contributed by atoms with Gasteiger partial charge in [-0.15, -0.1) is 11.3 Å². The summed E-state index contributed by atoms with van der Waals surface area (Å²) in [6.07, 6.45) is 0.540. The molecular formula is C16H18N2O2S. The summed E-state index contributed by atoms with van der Waals surface area (Å²) in [5.41, 5.74) is 8.03. The number of hydrogen-bond donors (Lipinski definition) is 3. The van der Waals surface area contributed by atoms with Crippen molar-refractivity contribution in [3.05, 3.63) is 57.8 Å². The van der Waals surface area contributed by atoms with E-state index in [0.29, 0.717) is 12.8 Å². The van der Waals surface area contributed by atoms with E-state index in [-0.39, 0.29) is 11.9 Å². The number of aliphatic hydroxyl groups is 1. The molecule has 1 aliphatic carbocycles. The lowest BCUT2D eigenvalue weighted by atomic mass is 10.0. The third-order valence-electron chi connectivity index (χ3n) is 3.83. The molecular weight excluding hydrogens is 284 g/mol. The fraction of sp³-hybridized carbons (Fsp3) is 0.312. The minimum absolute atomic E-state index is 0.220. The van der Waals surface area contributed by atoms with E-state index in [1.165, 1.54) is 0 Å². The maximum atomic E-state index is 12.2. The Balaban J connectivity index is 1.64. The maximum absolute atomic E-state index is 12.2. The van der Waals surface area contributed by atoms with Crippen molar-refractivity contribution in [2.24, 2.45) is 5.73 Å². The molecule has 0 aliphatic heterocycles. The third-order valence-corrected chi connectivity index (χ3v) is 4.79. The van der Waals surface area contributed by atoms with Crippen LogP contribution in [0.2, 0.25) is 0 Å². The smallest absolute Gasteiger partial charge is 0.237 e. The monoisotopic (exact) mass is 302 g/mol. The summed E-state index contributed by atoms with van der Waals surface area (Å²) in [7, 11) is 0. The molecule has 2 unspecified atom stereocenters. The van der Waals surface area contributed by atoms with Crippen molar-refractivity contribution >= 4 is 17.2 Å². The first kappa shape index (κ1) is 14.3. The van der Waals surface area contributed by atoms with Crippen LogP contribution < -0.4 is 11.1 Å². The quantitative estimate of drug-likeness (QED) is 0.799. The zero-order valence-electron chi connectivity index (χ0n) is 11.5. The molecule has 21 heavy (non-hydrogen) atoms. The molecule has 0 saturated heterocycles. The number of nitrogens with one attached hydrogen (secondary N) is 1. The van der Waals surface area contributed by atoms with Gasteiger partial charge in [-0.3, -0.25) is 4.79 Å². The normalized spacial score (nSPS) is 21.8. The van der Waals surface area contributed by atoms with Crippen LogP contribution in [0.4, 0.5) is 0 Å². The summed E-state index contributed by atoms with van der Waals surface area (Å²) in [4.78, 5) is 13.4. The lowest BCUT2D eigenvalue weighted by molar-refractivity contribution is -0.123. The number of thiophene rings is 1. The molecule has 1 amide bonds. The Kier molecular flexibility index (Phi) is 4.05. The van der Waals surface area contributed by atoms with E-state index in [0.717, 1.165) is 16.0 Å². The van der Waals surface area contributed by atoms with Gasteiger partial charge < -0.3 is 16.2 Å². The summed E-state index contributed by atoms with van der Waals surface area (Å²) in [5.74, 6) is -0.220. The largest absolute Gasteiger partial charge is 0.390 e. The molecule has 1 aromatic heterocycles. The van der Waals surface area contributed by atoms with E-state index in [9.17, 15) is 9.90 Å². The van der Waals surface area contributed by atoms with Gasteiger partial charge in [-0.05, 0) is 29.0 Å². The molecule has 2 aromatic rings. The van der Waals surface area contributed by atoms with Crippen molar-refractivity contribution in [3.8, 4) is 0 Å². The van der Waals surface area contributed by atoms with Crippen LogP contribution in [-0.2, 0) is 17.6 Å². The lowest BCUT2D eigenvalue weighted by Gasteiger charge is -2.20. The lowest BCUT2D eigenvalue weighted by Crippen LogP contribution is -2.45. The first-order valence-electron chi connectivity index (χ1n) is 6.99. The highest BCUT2D eigenvalue weighted by atomic mass is 32.1. The van der Waals surface area contributed by atoms with E-state index < -0.39 is 12.1 Å². The minimum atomic E-state index is -0.609. The average Bonchev–Trinajstić information content (AvgIpc) is 3.03. The van der Waals surface area contributed by atoms with E-state index in [1.54, 1.807) is 11.3 Å². The average molecular weight is 302 g/mol. The van der Waals surface area contributed by atoms with Crippen LogP contribution in [-0.4, -0.2) is 23.2 Å². The van der Waals surface area contributed by atoms with Gasteiger partial charge in [-0.2, -0.15) is 0 Å². The zero-order valence-corrected chi connectivity index (χ0v) is 12.3. The third kappa shape index (κ3) is 3.00. The minimum Gasteiger partial charge on any atom is -0.390 e. The molecule has 3 atom stereocenters. The summed E-state index contributed by atoms with van der Waals surface area (Å²) >= 11 is 1.62. The van der Waals surface area contributed by atoms with Gasteiger partial charge in [0.05, 0.1) is 18.2 Å². The summed E-state index contributed by atoms with van der Waals surface area (Å²) < 4.78 is 0. The molecule has 0 bridgehead atoms. The maximum Gasteiger partial charge on any atom is 0.237 e. The standard InChI is InChI=1S/C16H18N2O2S/c17-12(8-10-4-2-1-3-5-10)16(20)18-15-11-6-7-21-14(11)9-13(15)19/h1-7,12-13,15,19H,8-9,17H2,(H,18,20)/t12-,13?,15?/m0/s1. The van der Waals surface area contributed by atoms with Gasteiger partial charge in [0.1, 0.15) is 0 Å². The van der Waals surface area contributed by atoms with Crippen LogP contribution in [0.3, 0.4) is 0 Å². The number of amides is 1. The second-order valence-corrected chi connectivity index (χ2v) is 6.35. The van der Waals surface area contributed by atoms with Crippen LogP contribution in [0.15, 0.2) is 41.8 Å². The molecule has 5 heteroatoms. The Bertz CT molecular complexity index is 626. The molecule has 0 saturated carbocycles. The summed E-state index contributed by atoms with van der Waals surface area (Å²) in [5, 5.41) is 14.9. The Morgan fingerprint density at radius 1 is 1.38 bits per heavy atom. The summed E-state index contributed by atoms with van der Waals surface area (Å²) in [6.45, 7) is 0. The Morgan fingerprint density at radius 2 is 2.14 bits per heavy atom. The van der Waals surface area contributed by atoms with Gasteiger partial charge in [-0.25, -0.2) is 0 Å². The number of carbonyl (C=O) groups is 1. The van der Waals surface area contributed by atoms with Gasteiger partial charge in [-0.1, -0.05) is 30.3 Å². The number of rotatable bonds is 4. The highest BCUT2D eigenvalue weighted by Gasteiger charge is 2.34. The van der Waals surface area contributed by atoms with E-state index >= 15 is 0 Å². The molecule has 4 N–H and O–H groups in total. The summed E-state index contributed by atoms with van der Waals surface area (Å²) in [6, 6.07) is 10.7. The molecule has 1 aliphatic rings. The number of nitrogens with two attached hydrogens (primary N) is 1. The van der Waals surface area contributed by atoms with Crippen molar-refractivity contribution in [2.45, 2.75) is 31.0 Å². The highest BCUT2D eigenvalue weighted by molar-refractivity contribution is 7.10. The highest BCUT2D eigenvalue weighted by Crippen LogP contribution is 2.35. The van der Waals surface area contributed by atoms with Crippen LogP contribution >= 0.6 is 11.3 Å². The van der Waals surface area contributed by atoms with Gasteiger partial charge in [0.25, 0.3) is 0 Å². The molecule has 3 rings (SSSR count). The number of carbonyl (C=O) groups excluding carboxylic acids is 1. The van der Waals surface area contributed by atoms with E-state index in [1.807, 2.05) is 41.8 Å². The number of aliphatic hydroxyl groups excluding tert-OH is 1. The van der Waals surface area contributed by atoms with Crippen molar-refractivity contribution < 1.29 is 9.90 Å². The van der Waals surface area contributed by atoms with Gasteiger partial charge in [0, 0.05) is 11.3 Å². The second-order valence-electron chi connectivity index (χ2n) is 5.35. The second kappa shape index (κ2) is 5.97. The molecule has 0 fully saturated rings. The Morgan fingerprint density at radius 3 is 2.90 bits per heavy atom. The van der Waals surface area contributed by atoms with Crippen LogP contribution in [0.5, 0.6) is 0 Å². The topological polar surface area (TPSA) is 75.4 Å². The molecule has 4 nitrogen and oxygen atoms in total. The molecule has 1 heterocycles. The first-order chi connectivity index (χ1) is 10.1. The fourth-order valence-electron chi connectivity index (χ4n) is 2.70. The zero-order chi connectivity index (χ0) is 14.8. The van der Waals surface area contributed by atoms with Crippen LogP contribution in [0.1, 0.15) is 22.0 Å². The number of hydrogen-bond acceptors (Lipinski definition) is 4. The fourth-order valence-corrected chi connectivity index (χ4v) is 3.68. The van der Waals surface area contributed by atoms with Crippen LogP contribution in [0, 0.1) is 0 Å². The van der Waals surface area contributed by atoms with Crippen molar-refractivity contribution in [2.75, 3.05) is 0 Å². The predicted octanol–water partition coefficient (Wildman–Crippen LogP) is 1.39. The van der Waals surface area contributed by atoms with Crippen LogP contribution in [0.25, 0.3) is 0 Å². The van der Waals surface area contributed by atoms with Gasteiger partial charge in [0.2, 0.25) is 5.91 Å². The van der Waals surface area contributed by atoms with Gasteiger partial charge >= 0.3 is 0 Å². The van der Waals surface area contributed by atoms with Crippen molar-refractivity contribution in [3.63, 3.8) is 0 Å². The molecule has 0 spiro atoms. The Hall–Kier alpha value is -1.69. The van der Waals surface area contributed by atoms with E-state index in [2.05, 4.69) is 5.32 Å². The molecule has 0 radical (unpaired) electrons. The van der Waals surface area contributed by atoms with Gasteiger partial charge in [0.15, 0.2) is 0 Å². The number of benzene rings is 1. The first-order valence-corrected chi connectivity index (χ1v) is 7.87. The molecule has 1 aromatic carbocycles. The van der Waals surface area contributed by atoms with E-state index in [4.69, 9.17) is 5.73 Å². The predicted molar refractivity (Wildman–Crippen MR) is 83.0 cm³/mol. The van der Waals surface area contributed by atoms with Crippen molar-refractivity contribution in [1.82, 2.24) is 5.32 Å².